The predicted octanol–water partition coefficient (Wildman–Crippen LogP) is 3.49. The van der Waals surface area contributed by atoms with Crippen LogP contribution in [0, 0.1) is 23.0 Å². The van der Waals surface area contributed by atoms with Crippen molar-refractivity contribution in [2.75, 3.05) is 26.2 Å². The normalized spacial score (nSPS) is 14.6. The van der Waals surface area contributed by atoms with Gasteiger partial charge in [-0.3, -0.25) is 38.5 Å². The third-order valence-electron chi connectivity index (χ3n) is 12.1. The Morgan fingerprint density at radius 1 is 0.833 bits per heavy atom. The number of amides is 7. The van der Waals surface area contributed by atoms with Gasteiger partial charge < -0.3 is 46.7 Å². The fourth-order valence-electron chi connectivity index (χ4n) is 8.17. The average Bonchev–Trinajstić information content (AvgIpc) is 3.88. The maximum absolute atomic E-state index is 15.1. The SMILES string of the molecule is CC(C)[C@H](NC(=O)CCCCCN1C(=O)C=CC1=O)C(=O)N[C@@H](C)C(=O)N[C@@H](CCCCNC(=O)[C@@H](N)CCN(C(=O)CO)[C@@H](c1nc(-c2cc(F)ccc2F)cn1Cc1ccccc1)C(C)(C)C)C(=O)O. The minimum absolute atomic E-state index is 0.0180. The number of hydrogen-bond acceptors (Lipinski definition) is 11. The number of unbranched alkanes of at least 4 members (excludes halogenated alkanes) is 3. The number of aliphatic hydroxyl groups is 1. The van der Waals surface area contributed by atoms with Gasteiger partial charge in [0.25, 0.3) is 11.8 Å². The predicted molar refractivity (Wildman–Crippen MR) is 262 cm³/mol. The number of nitrogens with one attached hydrogen (secondary N) is 4. The van der Waals surface area contributed by atoms with Gasteiger partial charge in [-0.05, 0) is 80.5 Å². The van der Waals surface area contributed by atoms with E-state index in [-0.39, 0.29) is 80.9 Å². The highest BCUT2D eigenvalue weighted by atomic mass is 19.1. The molecule has 4 rings (SSSR count). The van der Waals surface area contributed by atoms with Gasteiger partial charge in [-0.25, -0.2) is 18.6 Å². The summed E-state index contributed by atoms with van der Waals surface area (Å²) in [5, 5.41) is 30.4. The van der Waals surface area contributed by atoms with E-state index in [0.29, 0.717) is 31.5 Å². The van der Waals surface area contributed by atoms with Gasteiger partial charge in [0.2, 0.25) is 29.5 Å². The van der Waals surface area contributed by atoms with Gasteiger partial charge in [0, 0.05) is 56.5 Å². The molecule has 7 amide bonds. The van der Waals surface area contributed by atoms with Crippen molar-refractivity contribution >= 4 is 47.3 Å². The molecule has 0 radical (unpaired) electrons. The van der Waals surface area contributed by atoms with Crippen molar-refractivity contribution < 1.29 is 57.4 Å². The number of nitrogens with two attached hydrogens (primary N) is 1. The molecule has 392 valence electrons. The number of nitrogens with zero attached hydrogens (tertiary/aromatic N) is 4. The number of hydrogen-bond donors (Lipinski definition) is 7. The maximum Gasteiger partial charge on any atom is 0.326 e. The number of carbonyl (C=O) groups excluding carboxylic acids is 7. The Labute approximate surface area is 418 Å². The number of carbonyl (C=O) groups is 8. The summed E-state index contributed by atoms with van der Waals surface area (Å²) >= 11 is 0. The van der Waals surface area contributed by atoms with Crippen molar-refractivity contribution in [2.24, 2.45) is 17.1 Å². The highest BCUT2D eigenvalue weighted by molar-refractivity contribution is 6.12. The lowest BCUT2D eigenvalue weighted by Crippen LogP contribution is -2.56. The summed E-state index contributed by atoms with van der Waals surface area (Å²) in [7, 11) is 0. The molecule has 21 heteroatoms. The van der Waals surface area contributed by atoms with Crippen LogP contribution >= 0.6 is 0 Å². The quantitative estimate of drug-likeness (QED) is 0.0407. The number of carboxylic acid groups (broad SMARTS) is 1. The number of carboxylic acids is 1. The molecule has 3 aromatic rings. The molecule has 19 nitrogen and oxygen atoms in total. The van der Waals surface area contributed by atoms with E-state index in [1.165, 1.54) is 24.0 Å². The number of aliphatic carboxylic acids is 1. The van der Waals surface area contributed by atoms with Crippen LogP contribution in [-0.4, -0.2) is 127 Å². The lowest BCUT2D eigenvalue weighted by molar-refractivity contribution is -0.142. The fraction of sp³-hybridized carbons (Fsp3) is 0.510. The first-order valence-electron chi connectivity index (χ1n) is 24.2. The monoisotopic (exact) mass is 1010 g/mol. The van der Waals surface area contributed by atoms with Gasteiger partial charge in [0.1, 0.15) is 42.2 Å². The van der Waals surface area contributed by atoms with E-state index >= 15 is 4.39 Å². The number of imide groups is 1. The van der Waals surface area contributed by atoms with E-state index in [1.54, 1.807) is 24.6 Å². The van der Waals surface area contributed by atoms with E-state index in [1.807, 2.05) is 51.1 Å². The van der Waals surface area contributed by atoms with Gasteiger partial charge >= 0.3 is 5.97 Å². The van der Waals surface area contributed by atoms with Crippen LogP contribution in [0.1, 0.15) is 110 Å². The number of halogens is 2. The van der Waals surface area contributed by atoms with Crippen LogP contribution in [0.25, 0.3) is 11.3 Å². The second kappa shape index (κ2) is 27.1. The molecule has 1 aliphatic heterocycles. The van der Waals surface area contributed by atoms with Crippen molar-refractivity contribution in [3.8, 4) is 11.3 Å². The molecule has 5 atom stereocenters. The largest absolute Gasteiger partial charge is 0.480 e. The van der Waals surface area contributed by atoms with Crippen LogP contribution in [0.3, 0.4) is 0 Å². The Bertz CT molecular complexity index is 2410. The van der Waals surface area contributed by atoms with Crippen LogP contribution in [0.2, 0.25) is 0 Å². The van der Waals surface area contributed by atoms with E-state index < -0.39 is 89.4 Å². The smallest absolute Gasteiger partial charge is 0.326 e. The molecule has 0 bridgehead atoms. The molecule has 1 aromatic heterocycles. The number of aliphatic hydroxyl groups excluding tert-OH is 1. The van der Waals surface area contributed by atoms with Crippen LogP contribution in [0.5, 0.6) is 0 Å². The van der Waals surface area contributed by atoms with Crippen molar-refractivity contribution in [3.63, 3.8) is 0 Å². The average molecular weight is 1010 g/mol. The van der Waals surface area contributed by atoms with Gasteiger partial charge in [-0.2, -0.15) is 0 Å². The Morgan fingerprint density at radius 3 is 2.14 bits per heavy atom. The van der Waals surface area contributed by atoms with Gasteiger partial charge in [0.15, 0.2) is 0 Å². The summed E-state index contributed by atoms with van der Waals surface area (Å²) in [5.41, 5.74) is 6.48. The second-order valence-corrected chi connectivity index (χ2v) is 19.3. The molecular formula is C51H69F2N9O10. The Balaban J connectivity index is 1.28. The molecule has 72 heavy (non-hydrogen) atoms. The third kappa shape index (κ3) is 16.9. The summed E-state index contributed by atoms with van der Waals surface area (Å²) in [6.45, 7) is 10.0. The third-order valence-corrected chi connectivity index (χ3v) is 12.1. The molecule has 0 spiro atoms. The zero-order chi connectivity index (χ0) is 53.3. The molecule has 0 fully saturated rings. The molecule has 0 aliphatic carbocycles. The minimum atomic E-state index is -1.33. The summed E-state index contributed by atoms with van der Waals surface area (Å²) in [4.78, 5) is 108. The molecule has 2 heterocycles. The first-order valence-corrected chi connectivity index (χ1v) is 24.2. The molecule has 0 unspecified atom stereocenters. The fourth-order valence-corrected chi connectivity index (χ4v) is 8.17. The molecular weight excluding hydrogens is 937 g/mol. The first-order chi connectivity index (χ1) is 34.0. The zero-order valence-corrected chi connectivity index (χ0v) is 41.8. The number of benzene rings is 2. The van der Waals surface area contributed by atoms with Gasteiger partial charge in [-0.15, -0.1) is 0 Å². The maximum atomic E-state index is 15.1. The highest BCUT2D eigenvalue weighted by Crippen LogP contribution is 2.39. The Hall–Kier alpha value is -6.87. The van der Waals surface area contributed by atoms with Crippen LogP contribution in [-0.2, 0) is 44.9 Å². The standard InChI is InChI=1S/C51H69F2N9O10/c1-31(2)44(59-40(64)18-11-8-14-25-61-41(65)21-22-42(61)66)49(70)56-32(3)47(68)58-38(50(71)72)17-12-13-24-55-48(69)37(54)23-26-62(43(67)30-63)45(51(4,5)6)46-57-39(35-27-34(52)19-20-36(35)53)29-60(46)28-33-15-9-7-10-16-33/h7,9-10,15-16,19-22,27,29,31-32,37-38,44-45,63H,8,11-14,17-18,23-26,28,30,54H2,1-6H3,(H,55,69)(H,56,70)(H,58,68)(H,59,64)(H,71,72)/t32-,37-,38-,44-,45-/m0/s1. The van der Waals surface area contributed by atoms with Crippen molar-refractivity contribution in [3.05, 3.63) is 89.9 Å². The molecule has 1 aliphatic rings. The second-order valence-electron chi connectivity index (χ2n) is 19.3. The number of imidazole rings is 1. The summed E-state index contributed by atoms with van der Waals surface area (Å²) in [6.07, 6.45) is 6.09. The molecule has 8 N–H and O–H groups in total. The Kier molecular flexibility index (Phi) is 21.7. The lowest BCUT2D eigenvalue weighted by atomic mass is 9.84. The Morgan fingerprint density at radius 2 is 1.51 bits per heavy atom. The van der Waals surface area contributed by atoms with E-state index in [2.05, 4.69) is 21.3 Å². The van der Waals surface area contributed by atoms with Crippen molar-refractivity contribution in [1.29, 1.82) is 0 Å². The summed E-state index contributed by atoms with van der Waals surface area (Å²) in [5.74, 6) is -6.49. The topological polar surface area (TPSA) is 275 Å². The van der Waals surface area contributed by atoms with Crippen LogP contribution in [0.15, 0.2) is 66.9 Å². The van der Waals surface area contributed by atoms with Crippen LogP contribution < -0.4 is 27.0 Å². The first kappa shape index (κ1) is 57.7. The zero-order valence-electron chi connectivity index (χ0n) is 41.8. The van der Waals surface area contributed by atoms with E-state index in [4.69, 9.17) is 10.7 Å². The summed E-state index contributed by atoms with van der Waals surface area (Å²) < 4.78 is 31.2. The van der Waals surface area contributed by atoms with Crippen molar-refractivity contribution in [2.45, 2.75) is 130 Å². The van der Waals surface area contributed by atoms with E-state index in [0.717, 1.165) is 28.7 Å². The number of rotatable bonds is 28. The van der Waals surface area contributed by atoms with Crippen molar-refractivity contribution in [1.82, 2.24) is 40.6 Å². The minimum Gasteiger partial charge on any atom is -0.480 e. The molecule has 2 aromatic carbocycles. The van der Waals surface area contributed by atoms with Crippen LogP contribution in [0.4, 0.5) is 8.78 Å². The molecule has 0 saturated carbocycles. The lowest BCUT2D eigenvalue weighted by Gasteiger charge is -2.40. The summed E-state index contributed by atoms with van der Waals surface area (Å²) in [6, 6.07) is 6.91. The van der Waals surface area contributed by atoms with Gasteiger partial charge in [-0.1, -0.05) is 71.4 Å². The highest BCUT2D eigenvalue weighted by Gasteiger charge is 2.39. The number of aromatic nitrogens is 2. The molecule has 0 saturated heterocycles. The van der Waals surface area contributed by atoms with Gasteiger partial charge in [0.05, 0.1) is 17.8 Å². The van der Waals surface area contributed by atoms with E-state index in [9.17, 15) is 53.0 Å².